The van der Waals surface area contributed by atoms with Crippen molar-refractivity contribution in [1.82, 2.24) is 14.5 Å². The van der Waals surface area contributed by atoms with E-state index in [1.807, 2.05) is 34.6 Å². The number of rotatable bonds is 6. The third kappa shape index (κ3) is 4.72. The standard InChI is InChI=1S/C25H30N4O5S/c1-2-28-21-8-7-18(35(26,31)32)16-19(21)27-24(28)10-11-25(30)29-12-3-5-20(29)17-6-9-22-23(15-17)34-14-4-13-33-22/h6-9,15-16,20H,2-5,10-14H2,1H3,(H2,26,31,32). The van der Waals surface area contributed by atoms with Crippen LogP contribution in [0.4, 0.5) is 0 Å². The van der Waals surface area contributed by atoms with E-state index in [1.54, 1.807) is 6.07 Å². The lowest BCUT2D eigenvalue weighted by Crippen LogP contribution is -2.31. The van der Waals surface area contributed by atoms with E-state index in [1.165, 1.54) is 12.1 Å². The van der Waals surface area contributed by atoms with E-state index in [0.29, 0.717) is 38.1 Å². The lowest BCUT2D eigenvalue weighted by molar-refractivity contribution is -0.132. The summed E-state index contributed by atoms with van der Waals surface area (Å²) in [5.41, 5.74) is 2.46. The fourth-order valence-corrected chi connectivity index (χ4v) is 5.58. The lowest BCUT2D eigenvalue weighted by Gasteiger charge is -2.26. The van der Waals surface area contributed by atoms with Gasteiger partial charge in [-0.3, -0.25) is 4.79 Å². The van der Waals surface area contributed by atoms with Crippen molar-refractivity contribution in [3.8, 4) is 11.5 Å². The van der Waals surface area contributed by atoms with Gasteiger partial charge in [-0.2, -0.15) is 0 Å². The maximum atomic E-state index is 13.3. The number of likely N-dealkylation sites (tertiary alicyclic amines) is 1. The number of carbonyl (C=O) groups excluding carboxylic acids is 1. The fourth-order valence-electron chi connectivity index (χ4n) is 5.04. The highest BCUT2D eigenvalue weighted by Gasteiger charge is 2.31. The Kier molecular flexibility index (Phi) is 6.41. The monoisotopic (exact) mass is 498 g/mol. The summed E-state index contributed by atoms with van der Waals surface area (Å²) < 4.78 is 37.1. The summed E-state index contributed by atoms with van der Waals surface area (Å²) in [6.07, 6.45) is 3.51. The first-order valence-electron chi connectivity index (χ1n) is 12.1. The predicted molar refractivity (Wildman–Crippen MR) is 131 cm³/mol. The molecule has 1 unspecified atom stereocenters. The lowest BCUT2D eigenvalue weighted by atomic mass is 10.0. The molecule has 0 radical (unpaired) electrons. The predicted octanol–water partition coefficient (Wildman–Crippen LogP) is 3.16. The number of nitrogens with zero attached hydrogens (tertiary/aromatic N) is 3. The molecule has 2 aliphatic rings. The second kappa shape index (κ2) is 9.50. The normalized spacial score (nSPS) is 18.1. The Morgan fingerprint density at radius 3 is 2.69 bits per heavy atom. The summed E-state index contributed by atoms with van der Waals surface area (Å²) in [6, 6.07) is 10.7. The van der Waals surface area contributed by atoms with Crippen LogP contribution in [0.25, 0.3) is 11.0 Å². The zero-order valence-corrected chi connectivity index (χ0v) is 20.6. The van der Waals surface area contributed by atoms with Crippen LogP contribution in [-0.4, -0.2) is 48.5 Å². The minimum atomic E-state index is -3.81. The zero-order valence-electron chi connectivity index (χ0n) is 19.8. The molecule has 2 N–H and O–H groups in total. The highest BCUT2D eigenvalue weighted by molar-refractivity contribution is 7.89. The zero-order chi connectivity index (χ0) is 24.6. The van der Waals surface area contributed by atoms with Crippen LogP contribution < -0.4 is 14.6 Å². The Morgan fingerprint density at radius 2 is 1.91 bits per heavy atom. The molecule has 5 rings (SSSR count). The number of primary sulfonamides is 1. The third-order valence-corrected chi connectivity index (χ3v) is 7.65. The van der Waals surface area contributed by atoms with E-state index < -0.39 is 10.0 Å². The molecule has 0 bridgehead atoms. The molecule has 0 spiro atoms. The van der Waals surface area contributed by atoms with Crippen molar-refractivity contribution in [2.45, 2.75) is 56.5 Å². The number of carbonyl (C=O) groups is 1. The summed E-state index contributed by atoms with van der Waals surface area (Å²) in [4.78, 5) is 19.9. The number of hydrogen-bond acceptors (Lipinski definition) is 6. The van der Waals surface area contributed by atoms with E-state index in [2.05, 4.69) is 4.98 Å². The summed E-state index contributed by atoms with van der Waals surface area (Å²) in [7, 11) is -3.81. The van der Waals surface area contributed by atoms with Crippen LogP contribution >= 0.6 is 0 Å². The molecule has 1 saturated heterocycles. The number of fused-ring (bicyclic) bond motifs is 2. The van der Waals surface area contributed by atoms with Crippen LogP contribution in [0.5, 0.6) is 11.5 Å². The van der Waals surface area contributed by atoms with E-state index in [-0.39, 0.29) is 16.8 Å². The highest BCUT2D eigenvalue weighted by Crippen LogP contribution is 2.38. The number of ether oxygens (including phenoxy) is 2. The molecule has 3 aromatic rings. The minimum Gasteiger partial charge on any atom is -0.490 e. The van der Waals surface area contributed by atoms with Gasteiger partial charge < -0.3 is 18.9 Å². The number of benzene rings is 2. The van der Waals surface area contributed by atoms with Gasteiger partial charge in [-0.15, -0.1) is 0 Å². The minimum absolute atomic E-state index is 0.0157. The van der Waals surface area contributed by atoms with Crippen molar-refractivity contribution >= 4 is 27.0 Å². The van der Waals surface area contributed by atoms with Crippen LogP contribution in [0, 0.1) is 0 Å². The maximum absolute atomic E-state index is 13.3. The number of sulfonamides is 1. The van der Waals surface area contributed by atoms with Gasteiger partial charge in [0.1, 0.15) is 5.82 Å². The van der Waals surface area contributed by atoms with Gasteiger partial charge in [0.15, 0.2) is 11.5 Å². The number of amides is 1. The fraction of sp³-hybridized carbons (Fsp3) is 0.440. The second-order valence-corrected chi connectivity index (χ2v) is 10.5. The van der Waals surface area contributed by atoms with Gasteiger partial charge in [0.2, 0.25) is 15.9 Å². The molecule has 2 aromatic carbocycles. The van der Waals surface area contributed by atoms with Gasteiger partial charge in [-0.05, 0) is 55.7 Å². The van der Waals surface area contributed by atoms with Crippen molar-refractivity contribution in [3.05, 3.63) is 47.8 Å². The molecule has 2 aliphatic heterocycles. The van der Waals surface area contributed by atoms with Crippen LogP contribution in [0.1, 0.15) is 50.0 Å². The Balaban J connectivity index is 1.33. The molecule has 1 atom stereocenters. The molecule has 35 heavy (non-hydrogen) atoms. The summed E-state index contributed by atoms with van der Waals surface area (Å²) in [6.45, 7) is 4.66. The van der Waals surface area contributed by atoms with Gasteiger partial charge >= 0.3 is 0 Å². The molecule has 9 nitrogen and oxygen atoms in total. The number of aromatic nitrogens is 2. The third-order valence-electron chi connectivity index (χ3n) is 6.74. The van der Waals surface area contributed by atoms with Crippen molar-refractivity contribution in [2.24, 2.45) is 5.14 Å². The largest absolute Gasteiger partial charge is 0.490 e. The van der Waals surface area contributed by atoms with Gasteiger partial charge in [0, 0.05) is 32.4 Å². The Labute approximate surface area is 204 Å². The quantitative estimate of drug-likeness (QED) is 0.558. The molecule has 10 heteroatoms. The van der Waals surface area contributed by atoms with Crippen molar-refractivity contribution < 1.29 is 22.7 Å². The average Bonchev–Trinajstić information content (AvgIpc) is 3.39. The van der Waals surface area contributed by atoms with Gasteiger partial charge in [0.05, 0.1) is 35.2 Å². The van der Waals surface area contributed by atoms with Gasteiger partial charge in [0.25, 0.3) is 0 Å². The molecule has 1 aromatic heterocycles. The number of hydrogen-bond donors (Lipinski definition) is 1. The van der Waals surface area contributed by atoms with E-state index in [9.17, 15) is 13.2 Å². The van der Waals surface area contributed by atoms with Gasteiger partial charge in [-0.25, -0.2) is 18.5 Å². The molecule has 0 aliphatic carbocycles. The van der Waals surface area contributed by atoms with Crippen molar-refractivity contribution in [1.29, 1.82) is 0 Å². The first kappa shape index (κ1) is 23.6. The van der Waals surface area contributed by atoms with Crippen molar-refractivity contribution in [2.75, 3.05) is 19.8 Å². The molecule has 186 valence electrons. The second-order valence-electron chi connectivity index (χ2n) is 8.97. The highest BCUT2D eigenvalue weighted by atomic mass is 32.2. The topological polar surface area (TPSA) is 117 Å². The first-order valence-corrected chi connectivity index (χ1v) is 13.6. The van der Waals surface area contributed by atoms with Crippen LogP contribution in [0.3, 0.4) is 0 Å². The molecule has 0 saturated carbocycles. The summed E-state index contributed by atoms with van der Waals surface area (Å²) in [5.74, 6) is 2.34. The molecule has 3 heterocycles. The first-order chi connectivity index (χ1) is 16.8. The van der Waals surface area contributed by atoms with Crippen LogP contribution in [0.2, 0.25) is 0 Å². The van der Waals surface area contributed by atoms with Crippen molar-refractivity contribution in [3.63, 3.8) is 0 Å². The van der Waals surface area contributed by atoms with Crippen LogP contribution in [0.15, 0.2) is 41.3 Å². The number of aryl methyl sites for hydroxylation is 2. The van der Waals surface area contributed by atoms with E-state index >= 15 is 0 Å². The van der Waals surface area contributed by atoms with Gasteiger partial charge in [-0.1, -0.05) is 6.07 Å². The Morgan fingerprint density at radius 1 is 1.11 bits per heavy atom. The number of nitrogens with two attached hydrogens (primary N) is 1. The molecule has 1 fully saturated rings. The maximum Gasteiger partial charge on any atom is 0.238 e. The SMILES string of the molecule is CCn1c(CCC(=O)N2CCCC2c2ccc3c(c2)OCCCO3)nc2cc(S(N)(=O)=O)ccc21. The number of imidazole rings is 1. The summed E-state index contributed by atoms with van der Waals surface area (Å²) in [5, 5.41) is 5.27. The molecular weight excluding hydrogens is 468 g/mol. The Hall–Kier alpha value is -3.11. The summed E-state index contributed by atoms with van der Waals surface area (Å²) >= 11 is 0. The van der Waals surface area contributed by atoms with E-state index in [0.717, 1.165) is 54.2 Å². The molecular formula is C25H30N4O5S. The van der Waals surface area contributed by atoms with E-state index in [4.69, 9.17) is 14.6 Å². The van der Waals surface area contributed by atoms with Crippen LogP contribution in [-0.2, 0) is 27.8 Å². The average molecular weight is 499 g/mol. The smallest absolute Gasteiger partial charge is 0.238 e. The molecule has 1 amide bonds. The Bertz CT molecular complexity index is 1370.